The molecule has 0 saturated carbocycles. The summed E-state index contributed by atoms with van der Waals surface area (Å²) in [6, 6.07) is 8.54. The molecule has 20 heavy (non-hydrogen) atoms. The van der Waals surface area contributed by atoms with Crippen LogP contribution in [0.25, 0.3) is 0 Å². The van der Waals surface area contributed by atoms with Gasteiger partial charge in [0.25, 0.3) is 0 Å². The summed E-state index contributed by atoms with van der Waals surface area (Å²) in [5, 5.41) is 9.08. The number of rotatable bonds is 4. The molecule has 4 nitrogen and oxygen atoms in total. The standard InChI is InChI=1S/C14H11BrFNO3/c15-12-3-1-9(16)5-8(12)7-20-13-4-2-10(17)6-11(13)14(18)19/h1-6H,7,17H2,(H,18,19). The van der Waals surface area contributed by atoms with Gasteiger partial charge in [-0.3, -0.25) is 0 Å². The SMILES string of the molecule is Nc1ccc(OCc2cc(F)ccc2Br)c(C(=O)O)c1. The van der Waals surface area contributed by atoms with E-state index < -0.39 is 5.97 Å². The minimum atomic E-state index is -1.13. The average Bonchev–Trinajstić information content (AvgIpc) is 2.40. The number of halogens is 2. The third-order valence-corrected chi connectivity index (χ3v) is 3.40. The minimum absolute atomic E-state index is 0.0301. The maximum absolute atomic E-state index is 13.1. The number of aromatic carboxylic acids is 1. The topological polar surface area (TPSA) is 72.5 Å². The zero-order valence-electron chi connectivity index (χ0n) is 10.3. The van der Waals surface area contributed by atoms with Gasteiger partial charge >= 0.3 is 5.97 Å². The van der Waals surface area contributed by atoms with Crippen LogP contribution < -0.4 is 10.5 Å². The first-order valence-corrected chi connectivity index (χ1v) is 6.46. The fraction of sp³-hybridized carbons (Fsp3) is 0.0714. The van der Waals surface area contributed by atoms with E-state index in [1.807, 2.05) is 0 Å². The fourth-order valence-electron chi connectivity index (χ4n) is 1.65. The van der Waals surface area contributed by atoms with Crippen LogP contribution in [0.3, 0.4) is 0 Å². The molecule has 6 heteroatoms. The molecule has 3 N–H and O–H groups in total. The first-order chi connectivity index (χ1) is 9.47. The number of benzene rings is 2. The molecule has 0 heterocycles. The Morgan fingerprint density at radius 3 is 2.75 bits per heavy atom. The molecule has 0 aliphatic heterocycles. The number of nitrogens with two attached hydrogens (primary N) is 1. The molecule has 2 aromatic carbocycles. The quantitative estimate of drug-likeness (QED) is 0.837. The van der Waals surface area contributed by atoms with E-state index in [1.54, 1.807) is 12.1 Å². The summed E-state index contributed by atoms with van der Waals surface area (Å²) in [6.07, 6.45) is 0. The van der Waals surface area contributed by atoms with Crippen molar-refractivity contribution >= 4 is 27.6 Å². The molecule has 0 atom stereocenters. The molecule has 0 amide bonds. The highest BCUT2D eigenvalue weighted by molar-refractivity contribution is 9.10. The summed E-state index contributed by atoms with van der Waals surface area (Å²) < 4.78 is 19.3. The van der Waals surface area contributed by atoms with Crippen molar-refractivity contribution < 1.29 is 19.0 Å². The van der Waals surface area contributed by atoms with Crippen molar-refractivity contribution in [3.8, 4) is 5.75 Å². The van der Waals surface area contributed by atoms with Crippen LogP contribution in [0, 0.1) is 5.82 Å². The third-order valence-electron chi connectivity index (χ3n) is 2.62. The van der Waals surface area contributed by atoms with Crippen LogP contribution in [0.4, 0.5) is 10.1 Å². The van der Waals surface area contributed by atoms with E-state index in [0.717, 1.165) is 0 Å². The molecule has 2 aromatic rings. The zero-order valence-corrected chi connectivity index (χ0v) is 11.9. The number of anilines is 1. The molecular weight excluding hydrogens is 329 g/mol. The Balaban J connectivity index is 2.23. The smallest absolute Gasteiger partial charge is 0.339 e. The number of carboxylic acid groups (broad SMARTS) is 1. The second-order valence-electron chi connectivity index (χ2n) is 4.09. The molecule has 0 fully saturated rings. The van der Waals surface area contributed by atoms with Gasteiger partial charge in [0.05, 0.1) is 0 Å². The molecule has 0 saturated heterocycles. The Hall–Kier alpha value is -2.08. The first-order valence-electron chi connectivity index (χ1n) is 5.67. The number of carboxylic acids is 1. The van der Waals surface area contributed by atoms with Crippen molar-refractivity contribution in [3.63, 3.8) is 0 Å². The van der Waals surface area contributed by atoms with E-state index in [2.05, 4.69) is 15.9 Å². The van der Waals surface area contributed by atoms with Crippen LogP contribution in [0.1, 0.15) is 15.9 Å². The van der Waals surface area contributed by atoms with Gasteiger partial charge in [-0.2, -0.15) is 0 Å². The zero-order chi connectivity index (χ0) is 14.7. The van der Waals surface area contributed by atoms with Crippen molar-refractivity contribution in [3.05, 3.63) is 57.8 Å². The molecular formula is C14H11BrFNO3. The molecule has 0 unspecified atom stereocenters. The van der Waals surface area contributed by atoms with E-state index in [4.69, 9.17) is 15.6 Å². The maximum Gasteiger partial charge on any atom is 0.339 e. The summed E-state index contributed by atoms with van der Waals surface area (Å²) >= 11 is 3.28. The summed E-state index contributed by atoms with van der Waals surface area (Å²) in [6.45, 7) is 0.0442. The third kappa shape index (κ3) is 3.27. The number of carbonyl (C=O) groups is 1. The molecule has 0 spiro atoms. The number of nitrogen functional groups attached to an aromatic ring is 1. The van der Waals surface area contributed by atoms with Crippen molar-refractivity contribution in [1.82, 2.24) is 0 Å². The molecule has 0 aliphatic rings. The normalized spacial score (nSPS) is 10.3. The van der Waals surface area contributed by atoms with E-state index in [9.17, 15) is 9.18 Å². The Kier molecular flexibility index (Phi) is 4.24. The largest absolute Gasteiger partial charge is 0.488 e. The van der Waals surface area contributed by atoms with Gasteiger partial charge in [0, 0.05) is 15.7 Å². The van der Waals surface area contributed by atoms with Crippen LogP contribution in [0.2, 0.25) is 0 Å². The van der Waals surface area contributed by atoms with Crippen LogP contribution in [-0.2, 0) is 6.61 Å². The molecule has 104 valence electrons. The summed E-state index contributed by atoms with van der Waals surface area (Å²) in [5.41, 5.74) is 6.43. The maximum atomic E-state index is 13.1. The van der Waals surface area contributed by atoms with Crippen LogP contribution in [-0.4, -0.2) is 11.1 Å². The van der Waals surface area contributed by atoms with Crippen molar-refractivity contribution in [1.29, 1.82) is 0 Å². The highest BCUT2D eigenvalue weighted by atomic mass is 79.9. The second-order valence-corrected chi connectivity index (χ2v) is 4.94. The number of ether oxygens (including phenoxy) is 1. The molecule has 0 aromatic heterocycles. The van der Waals surface area contributed by atoms with Crippen LogP contribution in [0.5, 0.6) is 5.75 Å². The number of hydrogen-bond donors (Lipinski definition) is 2. The van der Waals surface area contributed by atoms with Gasteiger partial charge in [-0.15, -0.1) is 0 Å². The van der Waals surface area contributed by atoms with Gasteiger partial charge in [0.1, 0.15) is 23.7 Å². The lowest BCUT2D eigenvalue weighted by atomic mass is 10.2. The van der Waals surface area contributed by atoms with E-state index in [1.165, 1.54) is 24.3 Å². The van der Waals surface area contributed by atoms with Crippen molar-refractivity contribution in [2.45, 2.75) is 6.61 Å². The van der Waals surface area contributed by atoms with Crippen molar-refractivity contribution in [2.24, 2.45) is 0 Å². The van der Waals surface area contributed by atoms with Gasteiger partial charge in [0.2, 0.25) is 0 Å². The Morgan fingerprint density at radius 2 is 2.05 bits per heavy atom. The molecule has 0 radical (unpaired) electrons. The Bertz CT molecular complexity index is 661. The average molecular weight is 340 g/mol. The molecule has 2 rings (SSSR count). The molecule has 0 bridgehead atoms. The predicted molar refractivity (Wildman–Crippen MR) is 76.2 cm³/mol. The van der Waals surface area contributed by atoms with E-state index in [0.29, 0.717) is 15.7 Å². The Morgan fingerprint density at radius 1 is 1.30 bits per heavy atom. The van der Waals surface area contributed by atoms with Gasteiger partial charge in [-0.25, -0.2) is 9.18 Å². The lowest BCUT2D eigenvalue weighted by molar-refractivity contribution is 0.0692. The van der Waals surface area contributed by atoms with E-state index >= 15 is 0 Å². The number of hydrogen-bond acceptors (Lipinski definition) is 3. The second kappa shape index (κ2) is 5.92. The minimum Gasteiger partial charge on any atom is -0.488 e. The van der Waals surface area contributed by atoms with Gasteiger partial charge in [0.15, 0.2) is 0 Å². The van der Waals surface area contributed by atoms with Gasteiger partial charge in [-0.05, 0) is 36.4 Å². The lowest BCUT2D eigenvalue weighted by Gasteiger charge is -2.11. The summed E-state index contributed by atoms with van der Waals surface area (Å²) in [5.74, 6) is -1.34. The van der Waals surface area contributed by atoms with Gasteiger partial charge < -0.3 is 15.6 Å². The first kappa shape index (κ1) is 14.3. The monoisotopic (exact) mass is 339 g/mol. The predicted octanol–water partition coefficient (Wildman–Crippen LogP) is 3.45. The fourth-order valence-corrected chi connectivity index (χ4v) is 2.01. The van der Waals surface area contributed by atoms with Crippen LogP contribution in [0.15, 0.2) is 40.9 Å². The lowest BCUT2D eigenvalue weighted by Crippen LogP contribution is -2.05. The Labute approximate surface area is 123 Å². The highest BCUT2D eigenvalue weighted by Gasteiger charge is 2.12. The van der Waals surface area contributed by atoms with Crippen LogP contribution >= 0.6 is 15.9 Å². The summed E-state index contributed by atoms with van der Waals surface area (Å²) in [7, 11) is 0. The molecule has 0 aliphatic carbocycles. The van der Waals surface area contributed by atoms with E-state index in [-0.39, 0.29) is 23.7 Å². The van der Waals surface area contributed by atoms with Gasteiger partial charge in [-0.1, -0.05) is 15.9 Å². The van der Waals surface area contributed by atoms with Crippen molar-refractivity contribution in [2.75, 3.05) is 5.73 Å². The summed E-state index contributed by atoms with van der Waals surface area (Å²) in [4.78, 5) is 11.1. The highest BCUT2D eigenvalue weighted by Crippen LogP contribution is 2.24.